The monoisotopic (exact) mass is 172 g/mol. The van der Waals surface area contributed by atoms with Gasteiger partial charge in [-0.3, -0.25) is 4.79 Å². The quantitative estimate of drug-likeness (QED) is 0.567. The maximum Gasteiger partial charge on any atom is 0.282 e. The first-order valence-electron chi connectivity index (χ1n) is 3.20. The SMILES string of the molecule is N#CCN1CC(O)CSC1=O. The van der Waals surface area contributed by atoms with Crippen molar-refractivity contribution < 1.29 is 9.90 Å². The molecule has 1 heterocycles. The number of amides is 1. The smallest absolute Gasteiger partial charge is 0.282 e. The summed E-state index contributed by atoms with van der Waals surface area (Å²) in [5.74, 6) is 0.445. The van der Waals surface area contributed by atoms with Crippen molar-refractivity contribution in [2.75, 3.05) is 18.8 Å². The van der Waals surface area contributed by atoms with Crippen LogP contribution < -0.4 is 0 Å². The maximum atomic E-state index is 11.0. The van der Waals surface area contributed by atoms with Gasteiger partial charge in [-0.15, -0.1) is 0 Å². The molecule has 1 atom stereocenters. The summed E-state index contributed by atoms with van der Waals surface area (Å²) >= 11 is 1.06. The molecule has 0 radical (unpaired) electrons. The third kappa shape index (κ3) is 2.10. The molecule has 11 heavy (non-hydrogen) atoms. The van der Waals surface area contributed by atoms with E-state index in [2.05, 4.69) is 0 Å². The van der Waals surface area contributed by atoms with Gasteiger partial charge < -0.3 is 10.0 Å². The molecule has 1 aliphatic heterocycles. The van der Waals surface area contributed by atoms with Crippen LogP contribution in [0.25, 0.3) is 0 Å². The van der Waals surface area contributed by atoms with Crippen LogP contribution in [-0.2, 0) is 0 Å². The van der Waals surface area contributed by atoms with E-state index in [4.69, 9.17) is 10.4 Å². The van der Waals surface area contributed by atoms with Crippen LogP contribution >= 0.6 is 11.8 Å². The highest BCUT2D eigenvalue weighted by molar-refractivity contribution is 8.13. The third-order valence-corrected chi connectivity index (χ3v) is 2.41. The summed E-state index contributed by atoms with van der Waals surface area (Å²) in [6.45, 7) is 0.363. The van der Waals surface area contributed by atoms with Crippen molar-refractivity contribution in [1.29, 1.82) is 5.26 Å². The minimum atomic E-state index is -0.481. The topological polar surface area (TPSA) is 64.3 Å². The van der Waals surface area contributed by atoms with Gasteiger partial charge >= 0.3 is 0 Å². The van der Waals surface area contributed by atoms with Crippen LogP contribution in [-0.4, -0.2) is 40.2 Å². The molecule has 0 saturated carbocycles. The van der Waals surface area contributed by atoms with Gasteiger partial charge in [0.1, 0.15) is 6.54 Å². The molecular formula is C6H8N2O2S. The molecule has 0 bridgehead atoms. The summed E-state index contributed by atoms with van der Waals surface area (Å²) in [7, 11) is 0. The largest absolute Gasteiger partial charge is 0.390 e. The Morgan fingerprint density at radius 3 is 3.27 bits per heavy atom. The maximum absolute atomic E-state index is 11.0. The first-order valence-corrected chi connectivity index (χ1v) is 4.19. The highest BCUT2D eigenvalue weighted by Crippen LogP contribution is 2.16. The lowest BCUT2D eigenvalue weighted by Crippen LogP contribution is -2.41. The van der Waals surface area contributed by atoms with Gasteiger partial charge in [-0.2, -0.15) is 5.26 Å². The van der Waals surface area contributed by atoms with E-state index in [1.165, 1.54) is 4.90 Å². The normalized spacial score (nSPS) is 24.9. The van der Waals surface area contributed by atoms with Crippen LogP contribution in [0.5, 0.6) is 0 Å². The summed E-state index contributed by atoms with van der Waals surface area (Å²) in [6.07, 6.45) is -0.481. The number of carbonyl (C=O) groups excluding carboxylic acids is 1. The predicted octanol–water partition coefficient (Wildman–Crippen LogP) is 0.0397. The lowest BCUT2D eigenvalue weighted by Gasteiger charge is -2.26. The van der Waals surface area contributed by atoms with Gasteiger partial charge in [0.05, 0.1) is 12.2 Å². The van der Waals surface area contributed by atoms with Crippen LogP contribution in [0, 0.1) is 11.3 Å². The van der Waals surface area contributed by atoms with Crippen molar-refractivity contribution in [3.05, 3.63) is 0 Å². The molecule has 0 spiro atoms. The molecule has 60 valence electrons. The highest BCUT2D eigenvalue weighted by atomic mass is 32.2. The molecule has 1 aliphatic rings. The Hall–Kier alpha value is -0.730. The zero-order valence-electron chi connectivity index (χ0n) is 5.86. The number of aliphatic hydroxyl groups is 1. The number of thioether (sulfide) groups is 1. The summed E-state index contributed by atoms with van der Waals surface area (Å²) in [6, 6.07) is 1.87. The van der Waals surface area contributed by atoms with Crippen LogP contribution in [0.2, 0.25) is 0 Å². The van der Waals surface area contributed by atoms with E-state index in [9.17, 15) is 4.79 Å². The fourth-order valence-electron chi connectivity index (χ4n) is 0.855. The Kier molecular flexibility index (Phi) is 2.74. The molecule has 1 saturated heterocycles. The second-order valence-corrected chi connectivity index (χ2v) is 3.24. The van der Waals surface area contributed by atoms with Crippen LogP contribution in [0.1, 0.15) is 0 Å². The molecule has 0 aliphatic carbocycles. The third-order valence-electron chi connectivity index (χ3n) is 1.35. The van der Waals surface area contributed by atoms with Gasteiger partial charge in [-0.05, 0) is 0 Å². The Labute approximate surface area is 68.8 Å². The fourth-order valence-corrected chi connectivity index (χ4v) is 1.62. The van der Waals surface area contributed by atoms with E-state index in [-0.39, 0.29) is 11.8 Å². The number of β-amino-alcohol motifs (C(OH)–C–C–N with tert-alkyl or cyclic N) is 1. The molecule has 1 N–H and O–H groups in total. The highest BCUT2D eigenvalue weighted by Gasteiger charge is 2.24. The molecule has 1 unspecified atom stereocenters. The number of rotatable bonds is 1. The number of hydrogen-bond acceptors (Lipinski definition) is 4. The van der Waals surface area contributed by atoms with Crippen molar-refractivity contribution in [3.8, 4) is 6.07 Å². The first-order chi connectivity index (χ1) is 5.24. The van der Waals surface area contributed by atoms with Crippen molar-refractivity contribution in [2.24, 2.45) is 0 Å². The van der Waals surface area contributed by atoms with E-state index in [1.54, 1.807) is 0 Å². The zero-order valence-corrected chi connectivity index (χ0v) is 6.67. The number of hydrogen-bond donors (Lipinski definition) is 1. The molecule has 0 aromatic carbocycles. The second kappa shape index (κ2) is 3.60. The van der Waals surface area contributed by atoms with E-state index in [0.717, 1.165) is 11.8 Å². The Balaban J connectivity index is 2.49. The fraction of sp³-hybridized carbons (Fsp3) is 0.667. The first kappa shape index (κ1) is 8.37. The molecule has 1 rings (SSSR count). The molecule has 5 heteroatoms. The average Bonchev–Trinajstić information content (AvgIpc) is 1.98. The lowest BCUT2D eigenvalue weighted by atomic mass is 10.3. The molecule has 4 nitrogen and oxygen atoms in total. The number of nitrogens with zero attached hydrogens (tertiary/aromatic N) is 2. The molecule has 1 fully saturated rings. The molecular weight excluding hydrogens is 164 g/mol. The number of carbonyl (C=O) groups is 1. The van der Waals surface area contributed by atoms with Gasteiger partial charge in [0.15, 0.2) is 0 Å². The van der Waals surface area contributed by atoms with Gasteiger partial charge in [0.2, 0.25) is 0 Å². The summed E-state index contributed by atoms with van der Waals surface area (Å²) in [5, 5.41) is 17.3. The van der Waals surface area contributed by atoms with E-state index < -0.39 is 6.10 Å². The lowest BCUT2D eigenvalue weighted by molar-refractivity contribution is 0.146. The van der Waals surface area contributed by atoms with Crippen LogP contribution in [0.3, 0.4) is 0 Å². The molecule has 1 amide bonds. The Morgan fingerprint density at radius 2 is 2.64 bits per heavy atom. The molecule has 0 aromatic rings. The second-order valence-electron chi connectivity index (χ2n) is 2.27. The zero-order chi connectivity index (χ0) is 8.27. The van der Waals surface area contributed by atoms with E-state index >= 15 is 0 Å². The van der Waals surface area contributed by atoms with Crippen molar-refractivity contribution in [1.82, 2.24) is 4.90 Å². The number of aliphatic hydroxyl groups excluding tert-OH is 1. The van der Waals surface area contributed by atoms with Gasteiger partial charge in [-0.25, -0.2) is 0 Å². The van der Waals surface area contributed by atoms with E-state index in [1.807, 2.05) is 6.07 Å². The number of nitriles is 1. The van der Waals surface area contributed by atoms with Crippen LogP contribution in [0.4, 0.5) is 4.79 Å². The average molecular weight is 172 g/mol. The van der Waals surface area contributed by atoms with Gasteiger partial charge in [0.25, 0.3) is 5.24 Å². The van der Waals surface area contributed by atoms with Crippen molar-refractivity contribution >= 4 is 17.0 Å². The van der Waals surface area contributed by atoms with E-state index in [0.29, 0.717) is 12.3 Å². The summed E-state index contributed by atoms with van der Waals surface area (Å²) in [4.78, 5) is 12.3. The van der Waals surface area contributed by atoms with Crippen LogP contribution in [0.15, 0.2) is 0 Å². The Bertz CT molecular complexity index is 201. The van der Waals surface area contributed by atoms with Crippen molar-refractivity contribution in [3.63, 3.8) is 0 Å². The summed E-state index contributed by atoms with van der Waals surface area (Å²) < 4.78 is 0. The van der Waals surface area contributed by atoms with Crippen molar-refractivity contribution in [2.45, 2.75) is 6.10 Å². The standard InChI is InChI=1S/C6H8N2O2S/c7-1-2-8-3-5(9)4-11-6(8)10/h5,9H,2-4H2. The molecule has 0 aromatic heterocycles. The Morgan fingerprint density at radius 1 is 1.91 bits per heavy atom. The predicted molar refractivity (Wildman–Crippen MR) is 41.0 cm³/mol. The van der Waals surface area contributed by atoms with Gasteiger partial charge in [-0.1, -0.05) is 11.8 Å². The summed E-state index contributed by atoms with van der Waals surface area (Å²) in [5.41, 5.74) is 0. The minimum absolute atomic E-state index is 0.0723. The van der Waals surface area contributed by atoms with Gasteiger partial charge in [0, 0.05) is 12.3 Å². The minimum Gasteiger partial charge on any atom is -0.390 e.